The molecule has 3 heterocycles. The average Bonchev–Trinajstić information content (AvgIpc) is 2.95. The van der Waals surface area contributed by atoms with Crippen LogP contribution in [0.2, 0.25) is 0 Å². The number of fused-ring (bicyclic) bond motifs is 1. The lowest BCUT2D eigenvalue weighted by Gasteiger charge is -2.05. The second-order valence-electron chi connectivity index (χ2n) is 5.22. The summed E-state index contributed by atoms with van der Waals surface area (Å²) >= 11 is 0. The van der Waals surface area contributed by atoms with Gasteiger partial charge in [-0.05, 0) is 25.5 Å². The number of aromatic nitrogens is 4. The summed E-state index contributed by atoms with van der Waals surface area (Å²) in [6.07, 6.45) is 0. The fourth-order valence-corrected chi connectivity index (χ4v) is 2.48. The maximum absolute atomic E-state index is 12.2. The summed E-state index contributed by atoms with van der Waals surface area (Å²) in [5.74, 6) is 1.91. The van der Waals surface area contributed by atoms with Gasteiger partial charge in [0.2, 0.25) is 0 Å². The third-order valence-corrected chi connectivity index (χ3v) is 3.85. The van der Waals surface area contributed by atoms with Crippen molar-refractivity contribution in [1.29, 1.82) is 0 Å². The molecule has 0 spiro atoms. The molecule has 3 aromatic heterocycles. The zero-order valence-electron chi connectivity index (χ0n) is 12.6. The molecule has 3 aromatic rings. The molecule has 0 aliphatic heterocycles. The Balaban J connectivity index is 2.45. The highest BCUT2D eigenvalue weighted by Gasteiger charge is 2.20. The maximum atomic E-state index is 12.2. The molecule has 0 saturated heterocycles. The van der Waals surface area contributed by atoms with Gasteiger partial charge in [0.25, 0.3) is 5.56 Å². The van der Waals surface area contributed by atoms with E-state index in [-0.39, 0.29) is 11.2 Å². The standard InChI is InChI=1S/C14H16N4O3/c1-7-6-9(21-8(7)2)11-15-10-12(16(11)3)17(4)14(20)18(5)13(10)19/h6H,1-5H3. The molecule has 21 heavy (non-hydrogen) atoms. The van der Waals surface area contributed by atoms with E-state index < -0.39 is 5.56 Å². The number of hydrogen-bond donors (Lipinski definition) is 0. The van der Waals surface area contributed by atoms with Gasteiger partial charge < -0.3 is 8.98 Å². The molecule has 0 radical (unpaired) electrons. The Kier molecular flexibility index (Phi) is 2.69. The highest BCUT2D eigenvalue weighted by Crippen LogP contribution is 2.25. The van der Waals surface area contributed by atoms with Gasteiger partial charge in [-0.15, -0.1) is 0 Å². The van der Waals surface area contributed by atoms with Gasteiger partial charge in [-0.25, -0.2) is 9.78 Å². The van der Waals surface area contributed by atoms with Crippen molar-refractivity contribution in [2.75, 3.05) is 0 Å². The van der Waals surface area contributed by atoms with Crippen LogP contribution in [0.5, 0.6) is 0 Å². The Labute approximate surface area is 120 Å². The first kappa shape index (κ1) is 13.4. The van der Waals surface area contributed by atoms with Crippen LogP contribution in [0.3, 0.4) is 0 Å². The molecule has 0 bridgehead atoms. The molecular formula is C14H16N4O3. The molecule has 0 unspecified atom stereocenters. The van der Waals surface area contributed by atoms with Gasteiger partial charge in [0.15, 0.2) is 17.1 Å². The van der Waals surface area contributed by atoms with Crippen molar-refractivity contribution in [3.8, 4) is 11.6 Å². The molecule has 0 fully saturated rings. The molecule has 0 N–H and O–H groups in total. The summed E-state index contributed by atoms with van der Waals surface area (Å²) in [4.78, 5) is 28.6. The minimum atomic E-state index is -0.407. The van der Waals surface area contributed by atoms with E-state index in [1.807, 2.05) is 19.9 Å². The average molecular weight is 288 g/mol. The third-order valence-electron chi connectivity index (χ3n) is 3.85. The lowest BCUT2D eigenvalue weighted by atomic mass is 10.3. The molecule has 110 valence electrons. The van der Waals surface area contributed by atoms with Crippen LogP contribution in [-0.2, 0) is 21.1 Å². The molecule has 7 heteroatoms. The summed E-state index contributed by atoms with van der Waals surface area (Å²) in [6.45, 7) is 3.82. The first-order valence-electron chi connectivity index (χ1n) is 6.52. The Bertz CT molecular complexity index is 965. The lowest BCUT2D eigenvalue weighted by molar-refractivity contribution is 0.539. The van der Waals surface area contributed by atoms with Crippen LogP contribution in [0.15, 0.2) is 20.1 Å². The van der Waals surface area contributed by atoms with E-state index in [2.05, 4.69) is 4.98 Å². The molecule has 0 aromatic carbocycles. The van der Waals surface area contributed by atoms with E-state index in [0.717, 1.165) is 15.9 Å². The van der Waals surface area contributed by atoms with Gasteiger partial charge in [-0.2, -0.15) is 0 Å². The Hall–Kier alpha value is -2.57. The van der Waals surface area contributed by atoms with Gasteiger partial charge in [0.1, 0.15) is 11.4 Å². The number of furan rings is 1. The van der Waals surface area contributed by atoms with E-state index in [0.29, 0.717) is 17.2 Å². The largest absolute Gasteiger partial charge is 0.458 e. The van der Waals surface area contributed by atoms with Gasteiger partial charge in [-0.1, -0.05) is 0 Å². The zero-order valence-corrected chi connectivity index (χ0v) is 12.6. The highest BCUT2D eigenvalue weighted by molar-refractivity contribution is 5.75. The van der Waals surface area contributed by atoms with E-state index in [4.69, 9.17) is 4.42 Å². The summed E-state index contributed by atoms with van der Waals surface area (Å²) < 4.78 is 9.84. The number of rotatable bonds is 1. The van der Waals surface area contributed by atoms with E-state index in [1.165, 1.54) is 11.6 Å². The van der Waals surface area contributed by atoms with Crippen LogP contribution in [0.25, 0.3) is 22.7 Å². The van der Waals surface area contributed by atoms with Crippen molar-refractivity contribution in [2.24, 2.45) is 21.1 Å². The van der Waals surface area contributed by atoms with Crippen LogP contribution < -0.4 is 11.2 Å². The summed E-state index contributed by atoms with van der Waals surface area (Å²) in [5, 5.41) is 0. The number of imidazole rings is 1. The van der Waals surface area contributed by atoms with Crippen molar-refractivity contribution in [2.45, 2.75) is 13.8 Å². The fraction of sp³-hybridized carbons (Fsp3) is 0.357. The molecule has 0 amide bonds. The number of nitrogens with zero attached hydrogens (tertiary/aromatic N) is 4. The molecular weight excluding hydrogens is 272 g/mol. The van der Waals surface area contributed by atoms with E-state index in [1.54, 1.807) is 18.7 Å². The van der Waals surface area contributed by atoms with Crippen LogP contribution in [-0.4, -0.2) is 18.7 Å². The normalized spacial score (nSPS) is 11.5. The predicted octanol–water partition coefficient (Wildman–Crippen LogP) is 0.848. The minimum absolute atomic E-state index is 0.254. The van der Waals surface area contributed by atoms with E-state index >= 15 is 0 Å². The van der Waals surface area contributed by atoms with Crippen molar-refractivity contribution < 1.29 is 4.42 Å². The number of hydrogen-bond acceptors (Lipinski definition) is 4. The Morgan fingerprint density at radius 1 is 1.05 bits per heavy atom. The quantitative estimate of drug-likeness (QED) is 0.665. The summed E-state index contributed by atoms with van der Waals surface area (Å²) in [5.41, 5.74) is 0.955. The van der Waals surface area contributed by atoms with Gasteiger partial charge in [0, 0.05) is 21.1 Å². The van der Waals surface area contributed by atoms with Crippen molar-refractivity contribution in [3.05, 3.63) is 38.2 Å². The topological polar surface area (TPSA) is 75.0 Å². The summed E-state index contributed by atoms with van der Waals surface area (Å²) in [7, 11) is 4.82. The van der Waals surface area contributed by atoms with Crippen LogP contribution in [0.4, 0.5) is 0 Å². The minimum Gasteiger partial charge on any atom is -0.458 e. The van der Waals surface area contributed by atoms with Crippen LogP contribution >= 0.6 is 0 Å². The zero-order chi connectivity index (χ0) is 15.5. The molecule has 3 rings (SSSR count). The highest BCUT2D eigenvalue weighted by atomic mass is 16.3. The molecule has 0 aliphatic rings. The van der Waals surface area contributed by atoms with Crippen molar-refractivity contribution >= 4 is 11.2 Å². The predicted molar refractivity (Wildman–Crippen MR) is 78.4 cm³/mol. The lowest BCUT2D eigenvalue weighted by Crippen LogP contribution is -2.37. The first-order valence-corrected chi connectivity index (χ1v) is 6.52. The maximum Gasteiger partial charge on any atom is 0.332 e. The van der Waals surface area contributed by atoms with Crippen molar-refractivity contribution in [1.82, 2.24) is 18.7 Å². The Morgan fingerprint density at radius 2 is 1.71 bits per heavy atom. The van der Waals surface area contributed by atoms with Gasteiger partial charge in [0.05, 0.1) is 0 Å². The van der Waals surface area contributed by atoms with Crippen molar-refractivity contribution in [3.63, 3.8) is 0 Å². The second-order valence-corrected chi connectivity index (χ2v) is 5.22. The SMILES string of the molecule is Cc1cc(-c2nc3c(=O)n(C)c(=O)n(C)c3n2C)oc1C. The molecule has 0 aliphatic carbocycles. The van der Waals surface area contributed by atoms with E-state index in [9.17, 15) is 9.59 Å². The monoisotopic (exact) mass is 288 g/mol. The number of aryl methyl sites for hydroxylation is 4. The summed E-state index contributed by atoms with van der Waals surface area (Å²) in [6, 6.07) is 1.87. The molecule has 7 nitrogen and oxygen atoms in total. The van der Waals surface area contributed by atoms with Gasteiger partial charge in [-0.3, -0.25) is 13.9 Å². The smallest absolute Gasteiger partial charge is 0.332 e. The van der Waals surface area contributed by atoms with Crippen LogP contribution in [0.1, 0.15) is 11.3 Å². The van der Waals surface area contributed by atoms with Crippen LogP contribution in [0, 0.1) is 13.8 Å². The first-order chi connectivity index (χ1) is 9.82. The van der Waals surface area contributed by atoms with Gasteiger partial charge >= 0.3 is 5.69 Å². The Morgan fingerprint density at radius 3 is 2.29 bits per heavy atom. The third kappa shape index (κ3) is 1.70. The second kappa shape index (κ2) is 4.21. The molecule has 0 atom stereocenters. The molecule has 0 saturated carbocycles. The fourth-order valence-electron chi connectivity index (χ4n) is 2.48.